The van der Waals surface area contributed by atoms with Gasteiger partial charge in [-0.1, -0.05) is 67.8 Å². The van der Waals surface area contributed by atoms with Crippen molar-refractivity contribution in [2.75, 3.05) is 25.0 Å². The van der Waals surface area contributed by atoms with Gasteiger partial charge in [0.1, 0.15) is 0 Å². The fourth-order valence-electron chi connectivity index (χ4n) is 5.96. The fraction of sp³-hybridized carbons (Fsp3) is 0.433. The Labute approximate surface area is 218 Å². The van der Waals surface area contributed by atoms with Crippen LogP contribution in [0.4, 0.5) is 5.95 Å². The number of para-hydroxylation sites is 1. The van der Waals surface area contributed by atoms with E-state index in [1.807, 2.05) is 41.3 Å². The highest BCUT2D eigenvalue weighted by Crippen LogP contribution is 2.26. The Morgan fingerprint density at radius 3 is 2.38 bits per heavy atom. The number of benzene rings is 2. The molecule has 2 fully saturated rings. The highest BCUT2D eigenvalue weighted by Gasteiger charge is 2.37. The number of likely N-dealkylation sites (tertiary alicyclic amines) is 1. The summed E-state index contributed by atoms with van der Waals surface area (Å²) >= 11 is 0. The van der Waals surface area contributed by atoms with Gasteiger partial charge in [-0.2, -0.15) is 0 Å². The number of hydrogen-bond acceptors (Lipinski definition) is 5. The lowest BCUT2D eigenvalue weighted by molar-refractivity contribution is -0.142. The van der Waals surface area contributed by atoms with E-state index in [0.717, 1.165) is 43.9 Å². The molecule has 2 aliphatic heterocycles. The second-order valence-corrected chi connectivity index (χ2v) is 10.7. The van der Waals surface area contributed by atoms with Crippen LogP contribution in [0.5, 0.6) is 0 Å². The summed E-state index contributed by atoms with van der Waals surface area (Å²) in [7, 11) is 0. The summed E-state index contributed by atoms with van der Waals surface area (Å²) in [5, 5.41) is 3.60. The number of carbonyl (C=O) groups is 1. The minimum absolute atomic E-state index is 0.00168. The zero-order valence-corrected chi connectivity index (χ0v) is 21.3. The summed E-state index contributed by atoms with van der Waals surface area (Å²) in [5.41, 5.74) is 3.49. The third-order valence-electron chi connectivity index (χ3n) is 8.05. The monoisotopic (exact) mass is 497 g/mol. The first-order valence-corrected chi connectivity index (χ1v) is 13.7. The van der Waals surface area contributed by atoms with Crippen molar-refractivity contribution >= 4 is 11.9 Å². The molecule has 7 heteroatoms. The third-order valence-corrected chi connectivity index (χ3v) is 8.05. The smallest absolute Gasteiger partial charge is 0.264 e. The zero-order chi connectivity index (χ0) is 25.2. The molecular formula is C30H35N5O2. The molecule has 0 bridgehead atoms. The van der Waals surface area contributed by atoms with E-state index in [-0.39, 0.29) is 17.4 Å². The van der Waals surface area contributed by atoms with Gasteiger partial charge >= 0.3 is 0 Å². The van der Waals surface area contributed by atoms with Crippen LogP contribution in [0.15, 0.2) is 65.5 Å². The van der Waals surface area contributed by atoms with Crippen molar-refractivity contribution in [2.24, 2.45) is 5.92 Å². The van der Waals surface area contributed by atoms with Gasteiger partial charge in [-0.05, 0) is 30.5 Å². The molecule has 1 saturated heterocycles. The Bertz CT molecular complexity index is 1290. The molecule has 2 aromatic carbocycles. The van der Waals surface area contributed by atoms with Gasteiger partial charge in [0.15, 0.2) is 0 Å². The van der Waals surface area contributed by atoms with Crippen molar-refractivity contribution < 1.29 is 4.79 Å². The summed E-state index contributed by atoms with van der Waals surface area (Å²) < 4.78 is 1.71. The Morgan fingerprint density at radius 2 is 1.65 bits per heavy atom. The van der Waals surface area contributed by atoms with Crippen LogP contribution in [0, 0.1) is 5.92 Å². The van der Waals surface area contributed by atoms with E-state index in [2.05, 4.69) is 34.5 Å². The molecule has 3 aromatic rings. The number of anilines is 1. The van der Waals surface area contributed by atoms with Gasteiger partial charge in [0.25, 0.3) is 5.56 Å². The summed E-state index contributed by atoms with van der Waals surface area (Å²) in [6.45, 7) is 3.37. The first-order chi connectivity index (χ1) is 18.2. The lowest BCUT2D eigenvalue weighted by Crippen LogP contribution is -2.55. The number of aromatic nitrogens is 2. The predicted molar refractivity (Wildman–Crippen MR) is 145 cm³/mol. The first-order valence-electron chi connectivity index (χ1n) is 13.7. The van der Waals surface area contributed by atoms with E-state index in [1.54, 1.807) is 4.57 Å². The quantitative estimate of drug-likeness (QED) is 0.558. The molecule has 7 nitrogen and oxygen atoms in total. The van der Waals surface area contributed by atoms with E-state index < -0.39 is 0 Å². The van der Waals surface area contributed by atoms with E-state index in [0.29, 0.717) is 37.1 Å². The Morgan fingerprint density at radius 1 is 0.946 bits per heavy atom. The summed E-state index contributed by atoms with van der Waals surface area (Å²) in [6.07, 6.45) is 6.51. The van der Waals surface area contributed by atoms with Crippen LogP contribution in [0.25, 0.3) is 5.69 Å². The maximum atomic E-state index is 13.9. The minimum Gasteiger partial charge on any atom is -0.353 e. The molecule has 192 valence electrons. The minimum atomic E-state index is -0.0636. The molecular weight excluding hydrogens is 462 g/mol. The first kappa shape index (κ1) is 23.9. The lowest BCUT2D eigenvalue weighted by Gasteiger charge is -2.41. The number of amides is 1. The standard InChI is InChI=1S/C30H35N5O2/c36-28(23-19-33(20-23)18-22-10-4-1-5-11-22)34-17-16-27-26(21-34)29(37)35(25-14-8-3-9-15-25)30(32-27)31-24-12-6-2-7-13-24/h1,3-5,8-11,14-15,23-24H,2,6-7,12-13,16-21H2,(H,31,32). The summed E-state index contributed by atoms with van der Waals surface area (Å²) in [4.78, 5) is 36.4. The zero-order valence-electron chi connectivity index (χ0n) is 21.3. The van der Waals surface area contributed by atoms with Crippen LogP contribution < -0.4 is 10.9 Å². The molecule has 0 spiro atoms. The normalized spacial score (nSPS) is 18.8. The van der Waals surface area contributed by atoms with Crippen molar-refractivity contribution in [3.05, 3.63) is 87.8 Å². The number of carbonyl (C=O) groups excluding carboxylic acids is 1. The van der Waals surface area contributed by atoms with Gasteiger partial charge < -0.3 is 10.2 Å². The van der Waals surface area contributed by atoms with Gasteiger partial charge in [-0.3, -0.25) is 14.5 Å². The largest absolute Gasteiger partial charge is 0.353 e. The molecule has 3 heterocycles. The maximum Gasteiger partial charge on any atom is 0.264 e. The molecule has 37 heavy (non-hydrogen) atoms. The van der Waals surface area contributed by atoms with Crippen LogP contribution in [-0.2, 0) is 24.3 Å². The third kappa shape index (κ3) is 5.05. The van der Waals surface area contributed by atoms with E-state index in [4.69, 9.17) is 4.98 Å². The molecule has 1 aromatic heterocycles. The van der Waals surface area contributed by atoms with Gasteiger partial charge in [0.2, 0.25) is 11.9 Å². The van der Waals surface area contributed by atoms with Crippen molar-refractivity contribution in [3.63, 3.8) is 0 Å². The van der Waals surface area contributed by atoms with Crippen LogP contribution in [0.3, 0.4) is 0 Å². The number of fused-ring (bicyclic) bond motifs is 1. The van der Waals surface area contributed by atoms with Crippen LogP contribution in [-0.4, -0.2) is 50.9 Å². The Kier molecular flexibility index (Phi) is 6.79. The van der Waals surface area contributed by atoms with Crippen molar-refractivity contribution in [2.45, 2.75) is 57.7 Å². The van der Waals surface area contributed by atoms with Crippen molar-refractivity contribution in [1.82, 2.24) is 19.4 Å². The van der Waals surface area contributed by atoms with Gasteiger partial charge in [0, 0.05) is 38.6 Å². The topological polar surface area (TPSA) is 70.5 Å². The summed E-state index contributed by atoms with van der Waals surface area (Å²) in [5.74, 6) is 0.795. The number of rotatable bonds is 6. The fourth-order valence-corrected chi connectivity index (χ4v) is 5.96. The SMILES string of the molecule is O=C(C1CN(Cc2ccccc2)C1)N1CCc2nc(NC3CCCCC3)n(-c3ccccc3)c(=O)c2C1. The van der Waals surface area contributed by atoms with Gasteiger partial charge in [-0.25, -0.2) is 9.55 Å². The lowest BCUT2D eigenvalue weighted by atomic mass is 9.95. The van der Waals surface area contributed by atoms with E-state index in [9.17, 15) is 9.59 Å². The number of nitrogens with one attached hydrogen (secondary N) is 1. The van der Waals surface area contributed by atoms with E-state index in [1.165, 1.54) is 24.8 Å². The Balaban J connectivity index is 1.20. The second-order valence-electron chi connectivity index (χ2n) is 10.7. The van der Waals surface area contributed by atoms with Gasteiger partial charge in [0.05, 0.1) is 29.4 Å². The van der Waals surface area contributed by atoms with Gasteiger partial charge in [-0.15, -0.1) is 0 Å². The molecule has 1 saturated carbocycles. The Hall–Kier alpha value is -3.45. The highest BCUT2D eigenvalue weighted by molar-refractivity contribution is 5.80. The predicted octanol–water partition coefficient (Wildman–Crippen LogP) is 3.99. The molecule has 6 rings (SSSR count). The summed E-state index contributed by atoms with van der Waals surface area (Å²) in [6, 6.07) is 20.4. The number of hydrogen-bond donors (Lipinski definition) is 1. The molecule has 0 unspecified atom stereocenters. The highest BCUT2D eigenvalue weighted by atomic mass is 16.2. The maximum absolute atomic E-state index is 13.9. The molecule has 0 radical (unpaired) electrons. The average molecular weight is 498 g/mol. The molecule has 3 aliphatic rings. The van der Waals surface area contributed by atoms with Crippen LogP contribution in [0.2, 0.25) is 0 Å². The second kappa shape index (κ2) is 10.5. The molecule has 1 aliphatic carbocycles. The molecule has 1 amide bonds. The van der Waals surface area contributed by atoms with Crippen LogP contribution >= 0.6 is 0 Å². The average Bonchev–Trinajstić information content (AvgIpc) is 2.92. The van der Waals surface area contributed by atoms with Crippen molar-refractivity contribution in [3.8, 4) is 5.69 Å². The molecule has 0 atom stereocenters. The number of nitrogens with zero attached hydrogens (tertiary/aromatic N) is 4. The van der Waals surface area contributed by atoms with E-state index >= 15 is 0 Å². The molecule has 1 N–H and O–H groups in total. The van der Waals surface area contributed by atoms with Crippen LogP contribution in [0.1, 0.15) is 48.9 Å². The van der Waals surface area contributed by atoms with Crippen molar-refractivity contribution in [1.29, 1.82) is 0 Å².